The quantitative estimate of drug-likeness (QED) is 0.637. The number of rotatable bonds is 2. The van der Waals surface area contributed by atoms with E-state index in [4.69, 9.17) is 0 Å². The SMILES string of the molecule is CC1CCCC(NN(C)C)C1C. The predicted octanol–water partition coefficient (Wildman–Crippen LogP) is 1.88. The van der Waals surface area contributed by atoms with Gasteiger partial charge in [0, 0.05) is 20.1 Å². The summed E-state index contributed by atoms with van der Waals surface area (Å²) in [4.78, 5) is 0. The second-order valence-electron chi connectivity index (χ2n) is 4.40. The fourth-order valence-corrected chi connectivity index (χ4v) is 2.10. The lowest BCUT2D eigenvalue weighted by atomic mass is 9.78. The Hall–Kier alpha value is -0.0800. The first-order chi connectivity index (χ1) is 5.61. The van der Waals surface area contributed by atoms with Crippen LogP contribution in [-0.4, -0.2) is 25.1 Å². The van der Waals surface area contributed by atoms with E-state index in [1.807, 2.05) is 0 Å². The highest BCUT2D eigenvalue weighted by atomic mass is 15.5. The molecule has 0 heterocycles. The van der Waals surface area contributed by atoms with Crippen molar-refractivity contribution in [3.8, 4) is 0 Å². The van der Waals surface area contributed by atoms with E-state index >= 15 is 0 Å². The number of nitrogens with zero attached hydrogens (tertiary/aromatic N) is 1. The lowest BCUT2D eigenvalue weighted by Crippen LogP contribution is -2.46. The number of nitrogens with one attached hydrogen (secondary N) is 1. The van der Waals surface area contributed by atoms with Crippen LogP contribution in [0.15, 0.2) is 0 Å². The molecule has 1 aliphatic carbocycles. The molecule has 1 rings (SSSR count). The Morgan fingerprint density at radius 3 is 2.42 bits per heavy atom. The van der Waals surface area contributed by atoms with Crippen molar-refractivity contribution in [3.05, 3.63) is 0 Å². The first kappa shape index (κ1) is 10.0. The summed E-state index contributed by atoms with van der Waals surface area (Å²) in [7, 11) is 4.15. The molecule has 3 atom stereocenters. The van der Waals surface area contributed by atoms with E-state index in [1.54, 1.807) is 0 Å². The van der Waals surface area contributed by atoms with Gasteiger partial charge < -0.3 is 0 Å². The maximum Gasteiger partial charge on any atom is 0.0243 e. The molecule has 0 saturated heterocycles. The first-order valence-corrected chi connectivity index (χ1v) is 5.04. The summed E-state index contributed by atoms with van der Waals surface area (Å²) in [5, 5.41) is 2.08. The second kappa shape index (κ2) is 4.24. The van der Waals surface area contributed by atoms with Crippen molar-refractivity contribution in [2.24, 2.45) is 11.8 Å². The highest BCUT2D eigenvalue weighted by Crippen LogP contribution is 2.29. The summed E-state index contributed by atoms with van der Waals surface area (Å²) in [6.07, 6.45) is 4.13. The van der Waals surface area contributed by atoms with E-state index in [1.165, 1.54) is 19.3 Å². The molecular weight excluding hydrogens is 148 g/mol. The largest absolute Gasteiger partial charge is 0.252 e. The van der Waals surface area contributed by atoms with Gasteiger partial charge in [0.1, 0.15) is 0 Å². The van der Waals surface area contributed by atoms with Crippen LogP contribution < -0.4 is 5.43 Å². The summed E-state index contributed by atoms with van der Waals surface area (Å²) >= 11 is 0. The molecule has 0 aromatic heterocycles. The van der Waals surface area contributed by atoms with Crippen molar-refractivity contribution in [2.45, 2.75) is 39.2 Å². The van der Waals surface area contributed by atoms with Gasteiger partial charge in [0.05, 0.1) is 0 Å². The predicted molar refractivity (Wildman–Crippen MR) is 52.8 cm³/mol. The fraction of sp³-hybridized carbons (Fsp3) is 1.00. The third kappa shape index (κ3) is 2.46. The van der Waals surface area contributed by atoms with Gasteiger partial charge in [0.15, 0.2) is 0 Å². The molecule has 0 amide bonds. The molecule has 0 spiro atoms. The molecular formula is C10H22N2. The number of hydrazine groups is 1. The van der Waals surface area contributed by atoms with Crippen LogP contribution in [-0.2, 0) is 0 Å². The van der Waals surface area contributed by atoms with Crippen molar-refractivity contribution in [3.63, 3.8) is 0 Å². The molecule has 72 valence electrons. The van der Waals surface area contributed by atoms with Gasteiger partial charge in [-0.05, 0) is 18.3 Å². The molecule has 2 heteroatoms. The smallest absolute Gasteiger partial charge is 0.0243 e. The van der Waals surface area contributed by atoms with Crippen LogP contribution in [0.1, 0.15) is 33.1 Å². The van der Waals surface area contributed by atoms with E-state index in [9.17, 15) is 0 Å². The Labute approximate surface area is 76.3 Å². The average Bonchev–Trinajstić information content (AvgIpc) is 1.98. The molecule has 0 aromatic rings. The molecule has 1 aliphatic rings. The van der Waals surface area contributed by atoms with Crippen LogP contribution in [0.3, 0.4) is 0 Å². The fourth-order valence-electron chi connectivity index (χ4n) is 2.10. The van der Waals surface area contributed by atoms with Crippen LogP contribution in [0, 0.1) is 11.8 Å². The lowest BCUT2D eigenvalue weighted by Gasteiger charge is -2.36. The van der Waals surface area contributed by atoms with Gasteiger partial charge >= 0.3 is 0 Å². The molecule has 1 fully saturated rings. The average molecular weight is 170 g/mol. The van der Waals surface area contributed by atoms with Crippen LogP contribution in [0.4, 0.5) is 0 Å². The van der Waals surface area contributed by atoms with Gasteiger partial charge in [0.2, 0.25) is 0 Å². The first-order valence-electron chi connectivity index (χ1n) is 5.04. The summed E-state index contributed by atoms with van der Waals surface area (Å²) in [6, 6.07) is 0.698. The Morgan fingerprint density at radius 2 is 1.83 bits per heavy atom. The normalized spacial score (nSPS) is 37.2. The van der Waals surface area contributed by atoms with Crippen molar-refractivity contribution >= 4 is 0 Å². The Morgan fingerprint density at radius 1 is 1.17 bits per heavy atom. The van der Waals surface area contributed by atoms with E-state index in [0.29, 0.717) is 6.04 Å². The van der Waals surface area contributed by atoms with Gasteiger partial charge in [-0.2, -0.15) is 0 Å². The molecule has 12 heavy (non-hydrogen) atoms. The number of hydrogen-bond donors (Lipinski definition) is 1. The Balaban J connectivity index is 2.41. The van der Waals surface area contributed by atoms with Crippen molar-refractivity contribution in [1.29, 1.82) is 0 Å². The van der Waals surface area contributed by atoms with Crippen molar-refractivity contribution in [2.75, 3.05) is 14.1 Å². The van der Waals surface area contributed by atoms with Gasteiger partial charge in [-0.25, -0.2) is 0 Å². The van der Waals surface area contributed by atoms with Gasteiger partial charge in [-0.15, -0.1) is 0 Å². The maximum atomic E-state index is 3.50. The van der Waals surface area contributed by atoms with E-state index in [0.717, 1.165) is 11.8 Å². The maximum absolute atomic E-state index is 3.50. The molecule has 0 radical (unpaired) electrons. The third-order valence-corrected chi connectivity index (χ3v) is 3.13. The summed E-state index contributed by atoms with van der Waals surface area (Å²) in [5.74, 6) is 1.71. The zero-order chi connectivity index (χ0) is 9.14. The Kier molecular flexibility index (Phi) is 3.53. The summed E-state index contributed by atoms with van der Waals surface area (Å²) in [6.45, 7) is 4.74. The highest BCUT2D eigenvalue weighted by molar-refractivity contribution is 4.80. The molecule has 0 bridgehead atoms. The highest BCUT2D eigenvalue weighted by Gasteiger charge is 2.26. The van der Waals surface area contributed by atoms with E-state index in [2.05, 4.69) is 38.4 Å². The van der Waals surface area contributed by atoms with E-state index in [-0.39, 0.29) is 0 Å². The van der Waals surface area contributed by atoms with Crippen molar-refractivity contribution in [1.82, 2.24) is 10.4 Å². The summed E-state index contributed by atoms with van der Waals surface area (Å²) < 4.78 is 0. The molecule has 0 aromatic carbocycles. The second-order valence-corrected chi connectivity index (χ2v) is 4.40. The molecule has 3 unspecified atom stereocenters. The van der Waals surface area contributed by atoms with Crippen LogP contribution >= 0.6 is 0 Å². The topological polar surface area (TPSA) is 15.3 Å². The minimum absolute atomic E-state index is 0.698. The molecule has 0 aliphatic heterocycles. The van der Waals surface area contributed by atoms with Crippen LogP contribution in [0.25, 0.3) is 0 Å². The zero-order valence-electron chi connectivity index (χ0n) is 8.80. The molecule has 1 N–H and O–H groups in total. The van der Waals surface area contributed by atoms with Gasteiger partial charge in [0.25, 0.3) is 0 Å². The van der Waals surface area contributed by atoms with Crippen LogP contribution in [0.2, 0.25) is 0 Å². The Bertz CT molecular complexity index is 134. The minimum atomic E-state index is 0.698. The lowest BCUT2D eigenvalue weighted by molar-refractivity contribution is 0.132. The van der Waals surface area contributed by atoms with Gasteiger partial charge in [-0.3, -0.25) is 10.4 Å². The number of hydrogen-bond acceptors (Lipinski definition) is 2. The van der Waals surface area contributed by atoms with Gasteiger partial charge in [-0.1, -0.05) is 26.7 Å². The monoisotopic (exact) mass is 170 g/mol. The standard InChI is InChI=1S/C10H22N2/c1-8-6-5-7-10(9(8)2)11-12(3)4/h8-11H,5-7H2,1-4H3. The minimum Gasteiger partial charge on any atom is -0.252 e. The third-order valence-electron chi connectivity index (χ3n) is 3.13. The van der Waals surface area contributed by atoms with E-state index < -0.39 is 0 Å². The van der Waals surface area contributed by atoms with Crippen LogP contribution in [0.5, 0.6) is 0 Å². The summed E-state index contributed by atoms with van der Waals surface area (Å²) in [5.41, 5.74) is 3.50. The van der Waals surface area contributed by atoms with Crippen molar-refractivity contribution < 1.29 is 0 Å². The molecule has 2 nitrogen and oxygen atoms in total. The zero-order valence-corrected chi connectivity index (χ0v) is 8.80. The molecule has 1 saturated carbocycles.